The van der Waals surface area contributed by atoms with Crippen molar-refractivity contribution in [1.29, 1.82) is 0 Å². The van der Waals surface area contributed by atoms with E-state index in [2.05, 4.69) is 10.6 Å². The molecule has 1 amide bonds. The van der Waals surface area contributed by atoms with Crippen LogP contribution in [-0.2, 0) is 4.79 Å². The van der Waals surface area contributed by atoms with Crippen LogP contribution in [0.3, 0.4) is 0 Å². The number of benzene rings is 3. The SMILES string of the molecule is CCOc1cccc2c1O[C@]1(C)[C@H](C(=O)Nc3ccc(OC)cc3)[C@@H]2NC(=S)N1c1cccc(C)c1. The van der Waals surface area contributed by atoms with E-state index >= 15 is 0 Å². The first kappa shape index (κ1) is 23.9. The lowest BCUT2D eigenvalue weighted by molar-refractivity contribution is -0.130. The van der Waals surface area contributed by atoms with Crippen LogP contribution in [0.5, 0.6) is 17.2 Å². The minimum Gasteiger partial charge on any atom is -0.497 e. The third-order valence-corrected chi connectivity index (χ3v) is 6.99. The molecule has 2 aliphatic rings. The summed E-state index contributed by atoms with van der Waals surface area (Å²) >= 11 is 5.85. The van der Waals surface area contributed by atoms with Gasteiger partial charge in [0.1, 0.15) is 11.7 Å². The summed E-state index contributed by atoms with van der Waals surface area (Å²) in [5.41, 5.74) is 2.29. The number of para-hydroxylation sites is 1. The number of amides is 1. The van der Waals surface area contributed by atoms with Crippen LogP contribution in [0, 0.1) is 12.8 Å². The molecule has 1 fully saturated rings. The van der Waals surface area contributed by atoms with Crippen molar-refractivity contribution in [2.24, 2.45) is 5.92 Å². The van der Waals surface area contributed by atoms with Crippen LogP contribution >= 0.6 is 12.2 Å². The number of aryl methyl sites for hydroxylation is 1. The van der Waals surface area contributed by atoms with Gasteiger partial charge in [-0.2, -0.15) is 0 Å². The van der Waals surface area contributed by atoms with Gasteiger partial charge in [-0.05, 0) is 81.0 Å². The largest absolute Gasteiger partial charge is 0.497 e. The van der Waals surface area contributed by atoms with E-state index in [-0.39, 0.29) is 5.91 Å². The third kappa shape index (κ3) is 4.01. The molecule has 186 valence electrons. The van der Waals surface area contributed by atoms with E-state index in [1.165, 1.54) is 0 Å². The van der Waals surface area contributed by atoms with Crippen LogP contribution in [0.15, 0.2) is 66.7 Å². The molecule has 0 aromatic heterocycles. The van der Waals surface area contributed by atoms with Gasteiger partial charge < -0.3 is 24.8 Å². The fourth-order valence-corrected chi connectivity index (χ4v) is 5.50. The van der Waals surface area contributed by atoms with Crippen molar-refractivity contribution in [2.45, 2.75) is 32.5 Å². The number of carbonyl (C=O) groups excluding carboxylic acids is 1. The molecule has 3 aromatic rings. The molecular weight excluding hydrogens is 474 g/mol. The molecule has 3 atom stereocenters. The van der Waals surface area contributed by atoms with E-state index < -0.39 is 17.7 Å². The molecule has 0 saturated carbocycles. The molecule has 0 spiro atoms. The van der Waals surface area contributed by atoms with Crippen molar-refractivity contribution in [2.75, 3.05) is 23.9 Å². The van der Waals surface area contributed by atoms with Gasteiger partial charge in [0, 0.05) is 16.9 Å². The second kappa shape index (κ2) is 9.35. The number of nitrogens with one attached hydrogen (secondary N) is 2. The summed E-state index contributed by atoms with van der Waals surface area (Å²) in [5, 5.41) is 7.01. The summed E-state index contributed by atoms with van der Waals surface area (Å²) in [4.78, 5) is 15.8. The van der Waals surface area contributed by atoms with Gasteiger partial charge in [-0.1, -0.05) is 24.3 Å². The van der Waals surface area contributed by atoms with E-state index in [4.69, 9.17) is 26.4 Å². The Morgan fingerprint density at radius 3 is 2.61 bits per heavy atom. The highest BCUT2D eigenvalue weighted by molar-refractivity contribution is 7.80. The zero-order valence-electron chi connectivity index (χ0n) is 20.7. The number of methoxy groups -OCH3 is 1. The maximum atomic E-state index is 13.9. The number of fused-ring (bicyclic) bond motifs is 4. The molecule has 2 aliphatic heterocycles. The summed E-state index contributed by atoms with van der Waals surface area (Å²) in [5.74, 6) is 1.14. The average Bonchev–Trinajstić information content (AvgIpc) is 2.84. The van der Waals surface area contributed by atoms with Gasteiger partial charge >= 0.3 is 0 Å². The monoisotopic (exact) mass is 503 g/mol. The Hall–Kier alpha value is -3.78. The minimum atomic E-state index is -1.13. The third-order valence-electron chi connectivity index (χ3n) is 6.69. The van der Waals surface area contributed by atoms with E-state index in [1.807, 2.05) is 92.4 Å². The minimum absolute atomic E-state index is 0.187. The second-order valence-corrected chi connectivity index (χ2v) is 9.45. The summed E-state index contributed by atoms with van der Waals surface area (Å²) in [6, 6.07) is 20.6. The molecule has 2 bridgehead atoms. The second-order valence-electron chi connectivity index (χ2n) is 9.06. The van der Waals surface area contributed by atoms with Crippen LogP contribution in [0.2, 0.25) is 0 Å². The van der Waals surface area contributed by atoms with Crippen LogP contribution in [0.1, 0.15) is 31.0 Å². The molecule has 5 rings (SSSR count). The van der Waals surface area contributed by atoms with Crippen molar-refractivity contribution < 1.29 is 19.0 Å². The number of ether oxygens (including phenoxy) is 3. The molecule has 2 heterocycles. The highest BCUT2D eigenvalue weighted by Gasteiger charge is 2.59. The van der Waals surface area contributed by atoms with Crippen molar-refractivity contribution >= 4 is 34.6 Å². The van der Waals surface area contributed by atoms with Crippen molar-refractivity contribution in [1.82, 2.24) is 5.32 Å². The topological polar surface area (TPSA) is 72.1 Å². The maximum Gasteiger partial charge on any atom is 0.236 e. The number of thiocarbonyl (C=S) groups is 1. The van der Waals surface area contributed by atoms with E-state index in [0.717, 1.165) is 16.8 Å². The van der Waals surface area contributed by atoms with Gasteiger partial charge in [0.2, 0.25) is 5.91 Å². The van der Waals surface area contributed by atoms with Gasteiger partial charge in [-0.15, -0.1) is 0 Å². The van der Waals surface area contributed by atoms with Gasteiger partial charge in [0.05, 0.1) is 19.8 Å². The highest BCUT2D eigenvalue weighted by atomic mass is 32.1. The first-order valence-electron chi connectivity index (χ1n) is 11.9. The molecule has 3 aromatic carbocycles. The number of hydrogen-bond acceptors (Lipinski definition) is 5. The standard InChI is InChI=1S/C28H29N3O4S/c1-5-34-22-11-7-10-21-24-23(26(32)29-18-12-14-20(33-4)15-13-18)28(3,35-25(21)22)31(27(36)30-24)19-9-6-8-17(2)16-19/h6-16,23-24H,5H2,1-4H3,(H,29,32)(H,30,36)/t23-,24+,28+/m0/s1. The number of carbonyl (C=O) groups is 1. The maximum absolute atomic E-state index is 13.9. The van der Waals surface area contributed by atoms with Crippen LogP contribution in [0.25, 0.3) is 0 Å². The zero-order valence-corrected chi connectivity index (χ0v) is 21.5. The predicted octanol–water partition coefficient (Wildman–Crippen LogP) is 5.20. The Labute approximate surface area is 216 Å². The number of hydrogen-bond donors (Lipinski definition) is 2. The summed E-state index contributed by atoms with van der Waals surface area (Å²) in [6.45, 7) is 6.37. The van der Waals surface area contributed by atoms with Crippen LogP contribution in [-0.4, -0.2) is 30.5 Å². The predicted molar refractivity (Wildman–Crippen MR) is 144 cm³/mol. The Morgan fingerprint density at radius 2 is 1.92 bits per heavy atom. The van der Waals surface area contributed by atoms with Crippen molar-refractivity contribution in [3.63, 3.8) is 0 Å². The van der Waals surface area contributed by atoms with Crippen molar-refractivity contribution in [3.05, 3.63) is 77.9 Å². The zero-order chi connectivity index (χ0) is 25.4. The molecule has 0 radical (unpaired) electrons. The summed E-state index contributed by atoms with van der Waals surface area (Å²) < 4.78 is 17.9. The first-order chi connectivity index (χ1) is 17.4. The van der Waals surface area contributed by atoms with Gasteiger partial charge in [-0.25, -0.2) is 0 Å². The Morgan fingerprint density at radius 1 is 1.17 bits per heavy atom. The highest BCUT2D eigenvalue weighted by Crippen LogP contribution is 2.52. The van der Waals surface area contributed by atoms with Gasteiger partial charge in [-0.3, -0.25) is 9.69 Å². The fourth-order valence-electron chi connectivity index (χ4n) is 5.09. The Kier molecular flexibility index (Phi) is 6.22. The lowest BCUT2D eigenvalue weighted by atomic mass is 9.78. The fraction of sp³-hybridized carbons (Fsp3) is 0.286. The van der Waals surface area contributed by atoms with Gasteiger partial charge in [0.15, 0.2) is 22.3 Å². The number of anilines is 2. The molecule has 0 unspecified atom stereocenters. The lowest BCUT2D eigenvalue weighted by Crippen LogP contribution is -2.72. The molecule has 8 heteroatoms. The molecule has 7 nitrogen and oxygen atoms in total. The first-order valence-corrected chi connectivity index (χ1v) is 12.3. The molecule has 36 heavy (non-hydrogen) atoms. The molecule has 1 saturated heterocycles. The van der Waals surface area contributed by atoms with E-state index in [9.17, 15) is 4.79 Å². The van der Waals surface area contributed by atoms with E-state index in [0.29, 0.717) is 34.7 Å². The Balaban J connectivity index is 1.62. The summed E-state index contributed by atoms with van der Waals surface area (Å²) in [7, 11) is 1.61. The van der Waals surface area contributed by atoms with Crippen molar-refractivity contribution in [3.8, 4) is 17.2 Å². The quantitative estimate of drug-likeness (QED) is 0.448. The summed E-state index contributed by atoms with van der Waals surface area (Å²) in [6.07, 6.45) is 0. The lowest BCUT2D eigenvalue weighted by Gasteiger charge is -2.56. The Bertz CT molecular complexity index is 1310. The molecule has 0 aliphatic carbocycles. The normalized spacial score (nSPS) is 22.1. The van der Waals surface area contributed by atoms with Crippen LogP contribution < -0.4 is 29.7 Å². The van der Waals surface area contributed by atoms with Gasteiger partial charge in [0.25, 0.3) is 0 Å². The molecule has 2 N–H and O–H groups in total. The number of rotatable bonds is 6. The van der Waals surface area contributed by atoms with E-state index in [1.54, 1.807) is 7.11 Å². The smallest absolute Gasteiger partial charge is 0.236 e. The van der Waals surface area contributed by atoms with Crippen LogP contribution in [0.4, 0.5) is 11.4 Å². The average molecular weight is 504 g/mol. The molecular formula is C28H29N3O4S. The number of nitrogens with zero attached hydrogens (tertiary/aromatic N) is 1.